The van der Waals surface area contributed by atoms with Crippen molar-refractivity contribution in [1.82, 2.24) is 15.0 Å². The van der Waals surface area contributed by atoms with Gasteiger partial charge in [0.05, 0.1) is 42.3 Å². The van der Waals surface area contributed by atoms with E-state index in [0.717, 1.165) is 6.07 Å². The van der Waals surface area contributed by atoms with Crippen molar-refractivity contribution < 1.29 is 28.2 Å². The van der Waals surface area contributed by atoms with Gasteiger partial charge in [-0.2, -0.15) is 0 Å². The number of halogens is 2. The number of carbonyl (C=O) groups excluding carboxylic acids is 1. The van der Waals surface area contributed by atoms with Crippen LogP contribution in [-0.4, -0.2) is 33.0 Å². The van der Waals surface area contributed by atoms with Crippen molar-refractivity contribution in [2.45, 2.75) is 13.0 Å². The summed E-state index contributed by atoms with van der Waals surface area (Å²) in [5.74, 6) is -1.04. The number of ketones is 1. The molecule has 0 atom stereocenters. The SMILES string of the molecule is COc1cnc2c(Oc3ccc(CC(=O)c4c[nH]c(CO)c(-c5ccc(F)cc5)c4=O)cc3F)ccnc2c1. The van der Waals surface area contributed by atoms with E-state index < -0.39 is 29.5 Å². The maximum atomic E-state index is 15.0. The molecule has 0 saturated heterocycles. The first-order valence-electron chi connectivity index (χ1n) is 11.8. The number of nitrogens with one attached hydrogen (secondary N) is 1. The number of H-pyrrole nitrogens is 1. The average molecular weight is 529 g/mol. The van der Waals surface area contributed by atoms with E-state index in [9.17, 15) is 23.5 Å². The predicted octanol–water partition coefficient (Wildman–Crippen LogP) is 4.98. The van der Waals surface area contributed by atoms with Crippen LogP contribution in [0.1, 0.15) is 21.6 Å². The molecule has 39 heavy (non-hydrogen) atoms. The number of carbonyl (C=O) groups is 1. The monoisotopic (exact) mass is 529 g/mol. The van der Waals surface area contributed by atoms with Gasteiger partial charge in [-0.05, 0) is 35.4 Å². The summed E-state index contributed by atoms with van der Waals surface area (Å²) >= 11 is 0. The zero-order valence-corrected chi connectivity index (χ0v) is 20.6. The number of aliphatic hydroxyl groups is 1. The molecule has 8 nitrogen and oxygen atoms in total. The molecule has 3 heterocycles. The summed E-state index contributed by atoms with van der Waals surface area (Å²) in [4.78, 5) is 37.5. The average Bonchev–Trinajstić information content (AvgIpc) is 2.94. The molecule has 5 rings (SSSR count). The van der Waals surface area contributed by atoms with Gasteiger partial charge in [0.25, 0.3) is 0 Å². The number of benzene rings is 2. The highest BCUT2D eigenvalue weighted by atomic mass is 19.1. The molecule has 0 fully saturated rings. The van der Waals surface area contributed by atoms with E-state index in [-0.39, 0.29) is 34.7 Å². The zero-order chi connectivity index (χ0) is 27.5. The van der Waals surface area contributed by atoms with Crippen LogP contribution in [0.2, 0.25) is 0 Å². The van der Waals surface area contributed by atoms with Crippen LogP contribution in [0.4, 0.5) is 8.78 Å². The van der Waals surface area contributed by atoms with Crippen molar-refractivity contribution >= 4 is 16.8 Å². The maximum absolute atomic E-state index is 15.0. The molecule has 2 aromatic carbocycles. The summed E-state index contributed by atoms with van der Waals surface area (Å²) < 4.78 is 39.3. The largest absolute Gasteiger partial charge is 0.495 e. The van der Waals surface area contributed by atoms with Crippen molar-refractivity contribution in [3.63, 3.8) is 0 Å². The Morgan fingerprint density at radius 3 is 2.54 bits per heavy atom. The number of nitrogens with zero attached hydrogens (tertiary/aromatic N) is 2. The third-order valence-corrected chi connectivity index (χ3v) is 6.09. The molecule has 2 N–H and O–H groups in total. The van der Waals surface area contributed by atoms with Crippen molar-refractivity contribution in [1.29, 1.82) is 0 Å². The van der Waals surface area contributed by atoms with E-state index >= 15 is 0 Å². The van der Waals surface area contributed by atoms with Crippen LogP contribution < -0.4 is 14.9 Å². The second-order valence-electron chi connectivity index (χ2n) is 8.57. The summed E-state index contributed by atoms with van der Waals surface area (Å²) in [7, 11) is 1.51. The fourth-order valence-electron chi connectivity index (χ4n) is 4.14. The Balaban J connectivity index is 1.39. The summed E-state index contributed by atoms with van der Waals surface area (Å²) in [6.45, 7) is -0.487. The van der Waals surface area contributed by atoms with E-state index in [1.807, 2.05) is 0 Å². The molecule has 3 aromatic heterocycles. The van der Waals surface area contributed by atoms with Gasteiger partial charge in [0, 0.05) is 30.9 Å². The van der Waals surface area contributed by atoms with E-state index in [0.29, 0.717) is 27.9 Å². The molecule has 0 spiro atoms. The van der Waals surface area contributed by atoms with E-state index in [4.69, 9.17) is 9.47 Å². The molecule has 0 bridgehead atoms. The number of hydrogen-bond acceptors (Lipinski definition) is 7. The first-order valence-corrected chi connectivity index (χ1v) is 11.8. The van der Waals surface area contributed by atoms with Gasteiger partial charge in [0.15, 0.2) is 23.1 Å². The van der Waals surface area contributed by atoms with Gasteiger partial charge in [-0.15, -0.1) is 0 Å². The van der Waals surface area contributed by atoms with Gasteiger partial charge in [0.2, 0.25) is 5.43 Å². The summed E-state index contributed by atoms with van der Waals surface area (Å²) in [6.07, 6.45) is 3.95. The molecular formula is C29H21F2N3O5. The fourth-order valence-corrected chi connectivity index (χ4v) is 4.14. The van der Waals surface area contributed by atoms with Gasteiger partial charge in [-0.1, -0.05) is 18.2 Å². The van der Waals surface area contributed by atoms with E-state index in [1.54, 1.807) is 12.1 Å². The Bertz CT molecular complexity index is 1750. The molecule has 0 radical (unpaired) electrons. The number of hydrogen-bond donors (Lipinski definition) is 2. The number of ether oxygens (including phenoxy) is 2. The first-order chi connectivity index (χ1) is 18.9. The number of fused-ring (bicyclic) bond motifs is 1. The maximum Gasteiger partial charge on any atom is 0.200 e. The molecule has 0 amide bonds. The minimum absolute atomic E-state index is 0.0640. The molecule has 0 unspecified atom stereocenters. The molecular weight excluding hydrogens is 508 g/mol. The summed E-state index contributed by atoms with van der Waals surface area (Å²) in [5, 5.41) is 9.67. The Morgan fingerprint density at radius 1 is 1.03 bits per heavy atom. The number of Topliss-reactive ketones (excluding diaryl/α,β-unsaturated/α-hetero) is 1. The lowest BCUT2D eigenvalue weighted by atomic mass is 9.97. The molecule has 5 aromatic rings. The molecule has 10 heteroatoms. The molecule has 0 aliphatic carbocycles. The van der Waals surface area contributed by atoms with Crippen molar-refractivity contribution in [3.05, 3.63) is 112 Å². The Kier molecular flexibility index (Phi) is 7.11. The Labute approximate surface area is 220 Å². The topological polar surface area (TPSA) is 114 Å². The third kappa shape index (κ3) is 5.23. The molecule has 0 aliphatic heterocycles. The summed E-state index contributed by atoms with van der Waals surface area (Å²) in [5.41, 5.74) is 1.05. The number of aromatic amines is 1. The fraction of sp³-hybridized carbons (Fsp3) is 0.103. The van der Waals surface area contributed by atoms with Crippen LogP contribution in [0.15, 0.2) is 78.0 Å². The number of rotatable bonds is 8. The highest BCUT2D eigenvalue weighted by molar-refractivity contribution is 5.98. The number of pyridine rings is 3. The van der Waals surface area contributed by atoms with Crippen molar-refractivity contribution in [3.8, 4) is 28.4 Å². The van der Waals surface area contributed by atoms with Crippen LogP contribution in [0, 0.1) is 11.6 Å². The first kappa shape index (κ1) is 25.7. The van der Waals surface area contributed by atoms with Gasteiger partial charge in [0.1, 0.15) is 17.1 Å². The number of methoxy groups -OCH3 is 1. The Hall–Kier alpha value is -4.96. The quantitative estimate of drug-likeness (QED) is 0.273. The lowest BCUT2D eigenvalue weighted by molar-refractivity contribution is 0.0991. The number of aromatic nitrogens is 3. The van der Waals surface area contributed by atoms with Gasteiger partial charge < -0.3 is 19.6 Å². The normalized spacial score (nSPS) is 11.0. The van der Waals surface area contributed by atoms with Crippen molar-refractivity contribution in [2.24, 2.45) is 0 Å². The van der Waals surface area contributed by atoms with Crippen LogP contribution in [0.3, 0.4) is 0 Å². The van der Waals surface area contributed by atoms with Gasteiger partial charge in [-0.3, -0.25) is 14.6 Å². The third-order valence-electron chi connectivity index (χ3n) is 6.09. The van der Waals surface area contributed by atoms with Crippen LogP contribution in [-0.2, 0) is 13.0 Å². The predicted molar refractivity (Wildman–Crippen MR) is 139 cm³/mol. The highest BCUT2D eigenvalue weighted by Gasteiger charge is 2.19. The number of aliphatic hydroxyl groups excluding tert-OH is 1. The highest BCUT2D eigenvalue weighted by Crippen LogP contribution is 2.31. The van der Waals surface area contributed by atoms with Crippen LogP contribution in [0.25, 0.3) is 22.2 Å². The minimum atomic E-state index is -0.713. The van der Waals surface area contributed by atoms with Crippen LogP contribution in [0.5, 0.6) is 17.2 Å². The lowest BCUT2D eigenvalue weighted by Crippen LogP contribution is -2.21. The van der Waals surface area contributed by atoms with Crippen molar-refractivity contribution in [2.75, 3.05) is 7.11 Å². The smallest absolute Gasteiger partial charge is 0.200 e. The zero-order valence-electron chi connectivity index (χ0n) is 20.6. The van der Waals surface area contributed by atoms with Gasteiger partial charge in [-0.25, -0.2) is 13.8 Å². The summed E-state index contributed by atoms with van der Waals surface area (Å²) in [6, 6.07) is 12.4. The standard InChI is InChI=1S/C29H21F2N3O5/c1-38-19-12-22-28(34-13-19)26(8-9-32-22)39-25-7-2-16(10-21(25)31)11-24(36)20-14-33-23(15-35)27(29(20)37)17-3-5-18(30)6-4-17/h2-10,12-14,35H,11,15H2,1H3,(H,33,37). The second kappa shape index (κ2) is 10.8. The Morgan fingerprint density at radius 2 is 1.82 bits per heavy atom. The van der Waals surface area contributed by atoms with Gasteiger partial charge >= 0.3 is 0 Å². The molecule has 0 saturated carbocycles. The second-order valence-corrected chi connectivity index (χ2v) is 8.57. The minimum Gasteiger partial charge on any atom is -0.495 e. The molecule has 0 aliphatic rings. The molecule has 196 valence electrons. The van der Waals surface area contributed by atoms with Crippen LogP contribution >= 0.6 is 0 Å². The van der Waals surface area contributed by atoms with E-state index in [1.165, 1.54) is 62.1 Å². The van der Waals surface area contributed by atoms with E-state index in [2.05, 4.69) is 15.0 Å². The lowest BCUT2D eigenvalue weighted by Gasteiger charge is -2.11.